The number of hydrogen-bond acceptors (Lipinski definition) is 7. The molecule has 0 heterocycles. The number of methoxy groups -OCH3 is 2. The molecule has 0 aliphatic carbocycles. The Hall–Kier alpha value is -3.77. The first kappa shape index (κ1) is 34.7. The molecule has 0 aliphatic heterocycles. The summed E-state index contributed by atoms with van der Waals surface area (Å²) in [7, 11) is -1.45. The van der Waals surface area contributed by atoms with Crippen molar-refractivity contribution in [3.05, 3.63) is 76.8 Å². The molecule has 238 valence electrons. The number of amides is 2. The molecule has 0 spiro atoms. The summed E-state index contributed by atoms with van der Waals surface area (Å²) in [4.78, 5) is 28.6. The quantitative estimate of drug-likeness (QED) is 0.232. The van der Waals surface area contributed by atoms with Gasteiger partial charge in [-0.3, -0.25) is 13.9 Å². The van der Waals surface area contributed by atoms with Crippen molar-refractivity contribution < 1.29 is 32.2 Å². The van der Waals surface area contributed by atoms with Crippen molar-refractivity contribution in [2.75, 3.05) is 38.2 Å². The van der Waals surface area contributed by atoms with Gasteiger partial charge in [0.2, 0.25) is 11.8 Å². The number of anilines is 1. The molecule has 0 radical (unpaired) electrons. The predicted octanol–water partition coefficient (Wildman–Crippen LogP) is 5.25. The highest BCUT2D eigenvalue weighted by molar-refractivity contribution is 9.10. The maximum absolute atomic E-state index is 14.2. The minimum Gasteiger partial charge on any atom is -0.494 e. The molecule has 0 unspecified atom stereocenters. The van der Waals surface area contributed by atoms with Crippen LogP contribution in [0.5, 0.6) is 17.2 Å². The zero-order chi connectivity index (χ0) is 32.4. The van der Waals surface area contributed by atoms with Gasteiger partial charge in [0, 0.05) is 23.6 Å². The summed E-state index contributed by atoms with van der Waals surface area (Å²) in [6, 6.07) is 17.2. The minimum absolute atomic E-state index is 0.0854. The smallest absolute Gasteiger partial charge is 0.264 e. The Balaban J connectivity index is 2.07. The second-order valence-electron chi connectivity index (χ2n) is 10.4. The van der Waals surface area contributed by atoms with E-state index in [0.717, 1.165) is 14.3 Å². The van der Waals surface area contributed by atoms with E-state index in [1.54, 1.807) is 31.2 Å². The number of halogens is 1. The van der Waals surface area contributed by atoms with E-state index in [4.69, 9.17) is 14.2 Å². The fourth-order valence-electron chi connectivity index (χ4n) is 4.38. The maximum Gasteiger partial charge on any atom is 0.264 e. The number of carbonyl (C=O) groups excluding carboxylic acids is 2. The van der Waals surface area contributed by atoms with Gasteiger partial charge in [-0.25, -0.2) is 8.42 Å². The van der Waals surface area contributed by atoms with Crippen LogP contribution in [0.2, 0.25) is 0 Å². The van der Waals surface area contributed by atoms with Gasteiger partial charge in [0.15, 0.2) is 11.5 Å². The lowest BCUT2D eigenvalue weighted by molar-refractivity contribution is -0.139. The highest BCUT2D eigenvalue weighted by Gasteiger charge is 2.33. The first-order valence-electron chi connectivity index (χ1n) is 14.2. The van der Waals surface area contributed by atoms with E-state index in [2.05, 4.69) is 21.2 Å². The van der Waals surface area contributed by atoms with Crippen LogP contribution in [0.1, 0.15) is 33.3 Å². The standard InChI is InChI=1S/C32H40BrN3O7S/c1-7-43-27-13-11-26(12-14-27)36(44(39,40)28-15-16-29(41-5)30(18-28)42-6)21-31(37)35(20-24-9-8-10-25(33)17-24)23(4)32(38)34-19-22(2)3/h8-18,22-23H,7,19-21H2,1-6H3,(H,34,38)/t23-/m1/s1. The largest absolute Gasteiger partial charge is 0.494 e. The van der Waals surface area contributed by atoms with E-state index in [0.29, 0.717) is 24.7 Å². The van der Waals surface area contributed by atoms with E-state index in [1.807, 2.05) is 45.0 Å². The van der Waals surface area contributed by atoms with Crippen LogP contribution in [-0.4, -0.2) is 65.1 Å². The monoisotopic (exact) mass is 689 g/mol. The first-order valence-corrected chi connectivity index (χ1v) is 16.4. The van der Waals surface area contributed by atoms with Crippen molar-refractivity contribution in [3.8, 4) is 17.2 Å². The molecule has 0 bridgehead atoms. The third kappa shape index (κ3) is 8.88. The van der Waals surface area contributed by atoms with Gasteiger partial charge >= 0.3 is 0 Å². The van der Waals surface area contributed by atoms with Gasteiger partial charge < -0.3 is 24.4 Å². The number of sulfonamides is 1. The Morgan fingerprint density at radius 3 is 2.20 bits per heavy atom. The molecular weight excluding hydrogens is 650 g/mol. The van der Waals surface area contributed by atoms with Gasteiger partial charge in [-0.05, 0) is 73.9 Å². The normalized spacial score (nSPS) is 11.9. The fraction of sp³-hybridized carbons (Fsp3) is 0.375. The maximum atomic E-state index is 14.2. The number of ether oxygens (including phenoxy) is 3. The van der Waals surface area contributed by atoms with Crippen LogP contribution in [0.4, 0.5) is 5.69 Å². The molecule has 3 aromatic rings. The second-order valence-corrected chi connectivity index (χ2v) is 13.2. The van der Waals surface area contributed by atoms with E-state index in [-0.39, 0.29) is 34.7 Å². The van der Waals surface area contributed by atoms with Crippen molar-refractivity contribution in [2.45, 2.75) is 45.2 Å². The highest BCUT2D eigenvalue weighted by atomic mass is 79.9. The molecule has 1 N–H and O–H groups in total. The molecule has 0 saturated heterocycles. The number of nitrogens with zero attached hydrogens (tertiary/aromatic N) is 2. The zero-order valence-corrected chi connectivity index (χ0v) is 28.3. The van der Waals surface area contributed by atoms with E-state index >= 15 is 0 Å². The van der Waals surface area contributed by atoms with Crippen molar-refractivity contribution in [3.63, 3.8) is 0 Å². The van der Waals surface area contributed by atoms with Crippen LogP contribution in [0.15, 0.2) is 76.1 Å². The van der Waals surface area contributed by atoms with Crippen molar-refractivity contribution in [2.24, 2.45) is 5.92 Å². The van der Waals surface area contributed by atoms with Gasteiger partial charge in [-0.1, -0.05) is 41.9 Å². The molecule has 44 heavy (non-hydrogen) atoms. The second kappa shape index (κ2) is 15.8. The van der Waals surface area contributed by atoms with Gasteiger partial charge in [-0.2, -0.15) is 0 Å². The molecule has 3 rings (SSSR count). The summed E-state index contributed by atoms with van der Waals surface area (Å²) in [5.74, 6) is 0.447. The Morgan fingerprint density at radius 2 is 1.61 bits per heavy atom. The number of rotatable bonds is 15. The molecule has 1 atom stereocenters. The van der Waals surface area contributed by atoms with Crippen LogP contribution >= 0.6 is 15.9 Å². The molecule has 2 amide bonds. The van der Waals surface area contributed by atoms with Crippen molar-refractivity contribution in [1.82, 2.24) is 10.2 Å². The van der Waals surface area contributed by atoms with Gasteiger partial charge in [0.25, 0.3) is 10.0 Å². The minimum atomic E-state index is -4.31. The van der Waals surface area contributed by atoms with Crippen LogP contribution < -0.4 is 23.8 Å². The molecule has 10 nitrogen and oxygen atoms in total. The topological polar surface area (TPSA) is 114 Å². The Bertz CT molecular complexity index is 1530. The SMILES string of the molecule is CCOc1ccc(N(CC(=O)N(Cc2cccc(Br)c2)[C@H](C)C(=O)NCC(C)C)S(=O)(=O)c2ccc(OC)c(OC)c2)cc1. The highest BCUT2D eigenvalue weighted by Crippen LogP contribution is 2.33. The summed E-state index contributed by atoms with van der Waals surface area (Å²) < 4.78 is 46.4. The zero-order valence-electron chi connectivity index (χ0n) is 25.9. The van der Waals surface area contributed by atoms with Crippen LogP contribution in [0.3, 0.4) is 0 Å². The summed E-state index contributed by atoms with van der Waals surface area (Å²) in [5, 5.41) is 2.88. The lowest BCUT2D eigenvalue weighted by atomic mass is 10.1. The van der Waals surface area contributed by atoms with Gasteiger partial charge in [-0.15, -0.1) is 0 Å². The summed E-state index contributed by atoms with van der Waals surface area (Å²) in [6.07, 6.45) is 0. The number of carbonyl (C=O) groups is 2. The van der Waals surface area contributed by atoms with Gasteiger partial charge in [0.05, 0.1) is 31.4 Å². The Labute approximate surface area is 268 Å². The summed E-state index contributed by atoms with van der Waals surface area (Å²) in [6.45, 7) is 7.82. The average Bonchev–Trinajstić information content (AvgIpc) is 3.01. The van der Waals surface area contributed by atoms with Crippen LogP contribution in [0.25, 0.3) is 0 Å². The number of hydrogen-bond donors (Lipinski definition) is 1. The number of nitrogens with one attached hydrogen (secondary N) is 1. The lowest BCUT2D eigenvalue weighted by Crippen LogP contribution is -2.51. The molecule has 0 fully saturated rings. The molecule has 3 aromatic carbocycles. The molecule has 12 heteroatoms. The molecular formula is C32H40BrN3O7S. The van der Waals surface area contributed by atoms with Crippen LogP contribution in [0, 0.1) is 5.92 Å². The predicted molar refractivity (Wildman–Crippen MR) is 174 cm³/mol. The summed E-state index contributed by atoms with van der Waals surface area (Å²) in [5.41, 5.74) is 1.02. The molecule has 0 saturated carbocycles. The van der Waals surface area contributed by atoms with Crippen molar-refractivity contribution >= 4 is 43.5 Å². The van der Waals surface area contributed by atoms with Crippen molar-refractivity contribution in [1.29, 1.82) is 0 Å². The third-order valence-electron chi connectivity index (χ3n) is 6.75. The summed E-state index contributed by atoms with van der Waals surface area (Å²) >= 11 is 3.46. The average molecular weight is 691 g/mol. The molecule has 0 aromatic heterocycles. The third-order valence-corrected chi connectivity index (χ3v) is 9.01. The fourth-order valence-corrected chi connectivity index (χ4v) is 6.25. The van der Waals surface area contributed by atoms with Crippen LogP contribution in [-0.2, 0) is 26.2 Å². The van der Waals surface area contributed by atoms with E-state index < -0.39 is 28.5 Å². The van der Waals surface area contributed by atoms with E-state index in [1.165, 1.54) is 37.3 Å². The number of benzene rings is 3. The van der Waals surface area contributed by atoms with E-state index in [9.17, 15) is 18.0 Å². The van der Waals surface area contributed by atoms with Gasteiger partial charge in [0.1, 0.15) is 18.3 Å². The Morgan fingerprint density at radius 1 is 0.932 bits per heavy atom. The molecule has 0 aliphatic rings. The first-order chi connectivity index (χ1) is 20.9. The lowest BCUT2D eigenvalue weighted by Gasteiger charge is -2.32. The Kier molecular flexibility index (Phi) is 12.5.